The maximum absolute atomic E-state index is 6.79. The summed E-state index contributed by atoms with van der Waals surface area (Å²) in [6.45, 7) is 0. The molecule has 23 rings (SSSR count). The van der Waals surface area contributed by atoms with Crippen molar-refractivity contribution in [3.63, 3.8) is 0 Å². The van der Waals surface area contributed by atoms with Crippen LogP contribution in [0.4, 0.5) is 0 Å². The van der Waals surface area contributed by atoms with Crippen LogP contribution in [0.15, 0.2) is 349 Å². The van der Waals surface area contributed by atoms with Crippen molar-refractivity contribution in [3.05, 3.63) is 340 Å². The second-order valence-electron chi connectivity index (χ2n) is 27.5. The summed E-state index contributed by atoms with van der Waals surface area (Å²) in [4.78, 5) is 30.9. The summed E-state index contributed by atoms with van der Waals surface area (Å²) in [5, 5.41) is 20.9. The van der Waals surface area contributed by atoms with Crippen LogP contribution in [0.2, 0.25) is 0 Å². The minimum atomic E-state index is 0.600. The molecule has 0 aliphatic carbocycles. The fourth-order valence-corrected chi connectivity index (χ4v) is 18.4. The van der Waals surface area contributed by atoms with E-state index in [2.05, 4.69) is 255 Å². The third-order valence-electron chi connectivity index (χ3n) is 21.2. The molecule has 0 aliphatic rings. The largest absolute Gasteiger partial charge is 0.456 e. The molecule has 0 radical (unpaired) electrons. The Morgan fingerprint density at radius 2 is 0.602 bits per heavy atom. The Morgan fingerprint density at radius 3 is 1.22 bits per heavy atom. The monoisotopic (exact) mass is 1410 g/mol. The summed E-state index contributed by atoms with van der Waals surface area (Å²) in [6.07, 6.45) is 0. The van der Waals surface area contributed by atoms with E-state index in [1.165, 1.54) is 73.0 Å². The van der Waals surface area contributed by atoms with Crippen LogP contribution < -0.4 is 0 Å². The van der Waals surface area contributed by atoms with E-state index in [-0.39, 0.29) is 0 Å². The van der Waals surface area contributed by atoms with Crippen LogP contribution in [0.3, 0.4) is 0 Å². The molecule has 8 nitrogen and oxygen atoms in total. The minimum Gasteiger partial charge on any atom is -0.456 e. The highest BCUT2D eigenvalue weighted by Gasteiger charge is 2.25. The van der Waals surface area contributed by atoms with Gasteiger partial charge in [0.15, 0.2) is 34.9 Å². The predicted molar refractivity (Wildman–Crippen MR) is 451 cm³/mol. The smallest absolute Gasteiger partial charge is 0.164 e. The molecule has 108 heavy (non-hydrogen) atoms. The molecule has 0 atom stereocenters. The fraction of sp³-hybridized carbons (Fsp3) is 0. The zero-order valence-electron chi connectivity index (χ0n) is 57.6. The number of aromatic nitrogens is 6. The molecule has 0 spiro atoms. The molecule has 17 aromatic carbocycles. The Labute approximate surface area is 625 Å². The average Bonchev–Trinajstić information content (AvgIpc) is 1.51. The lowest BCUT2D eigenvalue weighted by atomic mass is 9.93. The molecule has 502 valence electrons. The predicted octanol–water partition coefficient (Wildman–Crippen LogP) is 27.4. The van der Waals surface area contributed by atoms with Crippen LogP contribution in [0, 0.1) is 0 Å². The zero-order valence-corrected chi connectivity index (χ0v) is 59.3. The summed E-state index contributed by atoms with van der Waals surface area (Å²) in [7, 11) is 0. The van der Waals surface area contributed by atoms with Crippen LogP contribution >= 0.6 is 22.7 Å². The average molecular weight is 1410 g/mol. The lowest BCUT2D eigenvalue weighted by Crippen LogP contribution is -2.00. The minimum absolute atomic E-state index is 0.600. The lowest BCUT2D eigenvalue weighted by Gasteiger charge is -2.11. The Hall–Kier alpha value is -13.9. The van der Waals surface area contributed by atoms with Crippen LogP contribution in [0.5, 0.6) is 0 Å². The number of hydrogen-bond acceptors (Lipinski definition) is 10. The SMILES string of the molecule is c1ccc(-c2nc(-c3cccc4ccccc34)nc(-c3cccc4oc5c6ccccc6c(-c6ccc7sc8cc9ccccc9cc8c7c6)cc5c34)n2)cc1.c1ccc(-c2nc(-c3cccc4ccccc34)nc(-c3cccc4oc5ccc(-c6cccc7sc8cc9ccccc9cc8c67)cc5c34)n2)cc1. The van der Waals surface area contributed by atoms with E-state index in [0.717, 1.165) is 121 Å². The van der Waals surface area contributed by atoms with Gasteiger partial charge in [0.2, 0.25) is 0 Å². The Morgan fingerprint density at radius 1 is 0.185 bits per heavy atom. The molecule has 0 saturated carbocycles. The number of thiophene rings is 2. The summed E-state index contributed by atoms with van der Waals surface area (Å²) >= 11 is 3.71. The van der Waals surface area contributed by atoms with Gasteiger partial charge in [-0.05, 0) is 144 Å². The molecular weight excluding hydrogens is 1360 g/mol. The molecule has 0 fully saturated rings. The van der Waals surface area contributed by atoms with E-state index in [1.807, 2.05) is 108 Å². The maximum Gasteiger partial charge on any atom is 0.164 e. The van der Waals surface area contributed by atoms with E-state index in [9.17, 15) is 0 Å². The van der Waals surface area contributed by atoms with E-state index in [1.54, 1.807) is 0 Å². The Kier molecular flexibility index (Phi) is 14.2. The van der Waals surface area contributed by atoms with Gasteiger partial charge in [-0.1, -0.05) is 267 Å². The van der Waals surface area contributed by atoms with E-state index >= 15 is 0 Å². The Bertz CT molecular complexity index is 7640. The number of fused-ring (bicyclic) bond motifs is 18. The Balaban J connectivity index is 0.000000134. The molecule has 0 saturated heterocycles. The number of furan rings is 2. The van der Waals surface area contributed by atoms with Gasteiger partial charge in [0.25, 0.3) is 0 Å². The van der Waals surface area contributed by atoms with Gasteiger partial charge in [-0.15, -0.1) is 22.7 Å². The van der Waals surface area contributed by atoms with Crippen molar-refractivity contribution >= 4 is 161 Å². The molecule has 0 unspecified atom stereocenters. The van der Waals surface area contributed by atoms with Gasteiger partial charge in [-0.2, -0.15) is 0 Å². The fourth-order valence-electron chi connectivity index (χ4n) is 16.1. The quantitative estimate of drug-likeness (QED) is 0.148. The van der Waals surface area contributed by atoms with Crippen molar-refractivity contribution in [1.82, 2.24) is 29.9 Å². The van der Waals surface area contributed by atoms with E-state index in [4.69, 9.17) is 38.7 Å². The first-order valence-corrected chi connectivity index (χ1v) is 37.7. The first-order valence-electron chi connectivity index (χ1n) is 36.1. The summed E-state index contributed by atoms with van der Waals surface area (Å²) in [6, 6.07) is 119. The summed E-state index contributed by atoms with van der Waals surface area (Å²) < 4.78 is 18.5. The van der Waals surface area contributed by atoms with Gasteiger partial charge in [0.05, 0.1) is 0 Å². The van der Waals surface area contributed by atoms with E-state index < -0.39 is 0 Å². The van der Waals surface area contributed by atoms with Gasteiger partial charge < -0.3 is 8.83 Å². The van der Waals surface area contributed by atoms with E-state index in [0.29, 0.717) is 34.9 Å². The third-order valence-corrected chi connectivity index (χ3v) is 23.4. The van der Waals surface area contributed by atoms with Crippen molar-refractivity contribution in [2.75, 3.05) is 0 Å². The maximum atomic E-state index is 6.79. The molecule has 0 N–H and O–H groups in total. The van der Waals surface area contributed by atoms with Crippen molar-refractivity contribution < 1.29 is 8.83 Å². The van der Waals surface area contributed by atoms with Crippen molar-refractivity contribution in [2.24, 2.45) is 0 Å². The molecule has 10 heteroatoms. The zero-order chi connectivity index (χ0) is 70.9. The molecular formula is C98H56N6O2S2. The number of hydrogen-bond donors (Lipinski definition) is 0. The standard InChI is InChI=1S/C51H29N3OS.C47H27N3OS/c1-2-13-31(14-3-1)49-52-50(38-21-10-17-30-12-6-7-18-35(30)38)54-51(53-49)39-22-11-23-44-47(39)43-29-40(36-19-8-9-20-37(36)48(43)55-44)34-24-25-45-41(27-34)42-26-32-15-4-5-16-33(32)28-46(42)56-45;1-2-12-29(13-3-1)45-48-46(35-19-8-16-28-11-6-7-17-33(28)35)50-47(49-45)36-20-9-21-40-43(36)37-26-32(23-24-39(37)51-40)34-18-10-22-41-44(34)38-25-30-14-4-5-15-31(30)27-42(38)52-41/h1-29H;1-27H. The van der Waals surface area contributed by atoms with Gasteiger partial charge in [-0.3, -0.25) is 0 Å². The lowest BCUT2D eigenvalue weighted by molar-refractivity contribution is 0.669. The van der Waals surface area contributed by atoms with Crippen molar-refractivity contribution in [1.29, 1.82) is 0 Å². The van der Waals surface area contributed by atoms with Crippen molar-refractivity contribution in [3.8, 4) is 90.6 Å². The van der Waals surface area contributed by atoms with Gasteiger partial charge in [-0.25, -0.2) is 29.9 Å². The topological polar surface area (TPSA) is 104 Å². The molecule has 6 heterocycles. The highest BCUT2D eigenvalue weighted by Crippen LogP contribution is 2.48. The number of rotatable bonds is 8. The van der Waals surface area contributed by atoms with Crippen LogP contribution in [-0.2, 0) is 0 Å². The first-order chi connectivity index (χ1) is 53.5. The first kappa shape index (κ1) is 61.6. The second-order valence-corrected chi connectivity index (χ2v) is 29.7. The highest BCUT2D eigenvalue weighted by atomic mass is 32.1. The molecule has 0 amide bonds. The van der Waals surface area contributed by atoms with Crippen LogP contribution in [0.25, 0.3) is 229 Å². The van der Waals surface area contributed by atoms with Gasteiger partial charge in [0.1, 0.15) is 22.3 Å². The summed E-state index contributed by atoms with van der Waals surface area (Å²) in [5.41, 5.74) is 13.5. The number of benzene rings is 17. The van der Waals surface area contributed by atoms with Crippen LogP contribution in [-0.4, -0.2) is 29.9 Å². The second kappa shape index (κ2) is 24.9. The molecule has 6 aromatic heterocycles. The molecule has 23 aromatic rings. The normalized spacial score (nSPS) is 11.9. The van der Waals surface area contributed by atoms with Crippen LogP contribution in [0.1, 0.15) is 0 Å². The van der Waals surface area contributed by atoms with Gasteiger partial charge >= 0.3 is 0 Å². The molecule has 0 bridgehead atoms. The number of nitrogens with zero attached hydrogens (tertiary/aromatic N) is 6. The summed E-state index contributed by atoms with van der Waals surface area (Å²) in [5.74, 6) is 3.72. The highest BCUT2D eigenvalue weighted by molar-refractivity contribution is 7.26. The molecule has 0 aliphatic heterocycles. The van der Waals surface area contributed by atoms with Crippen molar-refractivity contribution in [2.45, 2.75) is 0 Å². The van der Waals surface area contributed by atoms with Gasteiger partial charge in [0, 0.05) is 101 Å². The third kappa shape index (κ3) is 10.2.